The van der Waals surface area contributed by atoms with E-state index in [2.05, 4.69) is 0 Å². The quantitative estimate of drug-likeness (QED) is 0.754. The lowest BCUT2D eigenvalue weighted by molar-refractivity contribution is -0.289. The van der Waals surface area contributed by atoms with E-state index in [4.69, 9.17) is 0 Å². The number of benzene rings is 1. The van der Waals surface area contributed by atoms with E-state index >= 15 is 0 Å². The van der Waals surface area contributed by atoms with Crippen molar-refractivity contribution in [1.82, 2.24) is 0 Å². The van der Waals surface area contributed by atoms with Gasteiger partial charge in [0.25, 0.3) is 0 Å². The molecule has 8 heteroatoms. The van der Waals surface area contributed by atoms with E-state index in [1.54, 1.807) is 0 Å². The van der Waals surface area contributed by atoms with E-state index in [1.807, 2.05) is 0 Å². The van der Waals surface area contributed by atoms with Gasteiger partial charge >= 0.3 is 12.4 Å². The van der Waals surface area contributed by atoms with Crippen LogP contribution in [-0.4, -0.2) is 28.7 Å². The average molecular weight is 366 g/mol. The second-order valence-electron chi connectivity index (χ2n) is 6.08. The lowest BCUT2D eigenvalue weighted by Gasteiger charge is -2.40. The SMILES string of the molecule is Cc1cc(C(C2=CC(C)C(O)C=C2)(C(F)(F)F)C(F)(F)F)ccc1O. The third kappa shape index (κ3) is 3.03. The molecule has 1 aliphatic carbocycles. The number of phenolic OH excluding ortho intramolecular Hbond substituents is 1. The van der Waals surface area contributed by atoms with Crippen LogP contribution >= 0.6 is 0 Å². The topological polar surface area (TPSA) is 40.5 Å². The molecule has 0 amide bonds. The van der Waals surface area contributed by atoms with Crippen LogP contribution in [0.5, 0.6) is 5.75 Å². The standard InChI is InChI=1S/C17H16F6O2/c1-9-7-11(3-5-13(9)24)15(16(18,19)20,17(21,22)23)12-4-6-14(25)10(2)8-12/h3-9,13,24-25H,1-2H3. The molecule has 0 radical (unpaired) electrons. The van der Waals surface area contributed by atoms with Crippen LogP contribution in [0.4, 0.5) is 26.3 Å². The summed E-state index contributed by atoms with van der Waals surface area (Å²) in [5.74, 6) is -1.32. The summed E-state index contributed by atoms with van der Waals surface area (Å²) in [5, 5.41) is 19.1. The van der Waals surface area contributed by atoms with Gasteiger partial charge < -0.3 is 10.2 Å². The van der Waals surface area contributed by atoms with Gasteiger partial charge in [-0.3, -0.25) is 0 Å². The van der Waals surface area contributed by atoms with E-state index in [9.17, 15) is 36.6 Å². The molecule has 2 unspecified atom stereocenters. The molecule has 1 aromatic carbocycles. The van der Waals surface area contributed by atoms with Crippen LogP contribution in [0.1, 0.15) is 18.1 Å². The van der Waals surface area contributed by atoms with Crippen molar-refractivity contribution in [3.8, 4) is 5.75 Å². The highest BCUT2D eigenvalue weighted by atomic mass is 19.4. The van der Waals surface area contributed by atoms with Crippen molar-refractivity contribution < 1.29 is 36.6 Å². The van der Waals surface area contributed by atoms with E-state index in [1.165, 1.54) is 13.8 Å². The summed E-state index contributed by atoms with van der Waals surface area (Å²) in [7, 11) is 0. The summed E-state index contributed by atoms with van der Waals surface area (Å²) in [4.78, 5) is 0. The summed E-state index contributed by atoms with van der Waals surface area (Å²) >= 11 is 0. The first-order valence-corrected chi connectivity index (χ1v) is 7.34. The summed E-state index contributed by atoms with van der Waals surface area (Å²) in [6.45, 7) is 2.54. The zero-order chi connectivity index (χ0) is 19.2. The van der Waals surface area contributed by atoms with Gasteiger partial charge in [0, 0.05) is 5.92 Å². The second kappa shape index (κ2) is 6.09. The van der Waals surface area contributed by atoms with Crippen molar-refractivity contribution in [2.24, 2.45) is 5.92 Å². The number of aliphatic hydroxyl groups is 1. The minimum atomic E-state index is -5.69. The van der Waals surface area contributed by atoms with Crippen LogP contribution in [0, 0.1) is 12.8 Å². The summed E-state index contributed by atoms with van der Waals surface area (Å²) in [5.41, 5.74) is -6.41. The fraction of sp³-hybridized carbons (Fsp3) is 0.412. The number of aromatic hydroxyl groups is 1. The van der Waals surface area contributed by atoms with Crippen molar-refractivity contribution in [3.05, 3.63) is 53.1 Å². The predicted molar refractivity (Wildman–Crippen MR) is 79.0 cm³/mol. The fourth-order valence-corrected chi connectivity index (χ4v) is 2.94. The third-order valence-electron chi connectivity index (χ3n) is 4.37. The van der Waals surface area contributed by atoms with Crippen LogP contribution in [-0.2, 0) is 5.41 Å². The first-order chi connectivity index (χ1) is 11.3. The Balaban J connectivity index is 2.86. The Bertz CT molecular complexity index is 701. The number of rotatable bonds is 2. The highest BCUT2D eigenvalue weighted by Gasteiger charge is 2.73. The molecule has 2 nitrogen and oxygen atoms in total. The van der Waals surface area contributed by atoms with Crippen LogP contribution < -0.4 is 0 Å². The predicted octanol–water partition coefficient (Wildman–Crippen LogP) is 4.56. The van der Waals surface area contributed by atoms with Crippen LogP contribution in [0.15, 0.2) is 42.0 Å². The van der Waals surface area contributed by atoms with Gasteiger partial charge in [0.15, 0.2) is 0 Å². The summed E-state index contributed by atoms with van der Waals surface area (Å²) < 4.78 is 83.3. The number of halogens is 6. The van der Waals surface area contributed by atoms with Crippen LogP contribution in [0.2, 0.25) is 0 Å². The van der Waals surface area contributed by atoms with E-state index < -0.39 is 46.7 Å². The number of phenols is 1. The first kappa shape index (κ1) is 19.4. The molecule has 0 saturated carbocycles. The molecule has 0 spiro atoms. The molecule has 2 atom stereocenters. The number of aliphatic hydroxyl groups excluding tert-OH is 1. The summed E-state index contributed by atoms with van der Waals surface area (Å²) in [6.07, 6.45) is -10.2. The second-order valence-corrected chi connectivity index (χ2v) is 6.08. The number of alkyl halides is 6. The van der Waals surface area contributed by atoms with Gasteiger partial charge in [0.1, 0.15) is 5.75 Å². The van der Waals surface area contributed by atoms with Gasteiger partial charge in [-0.1, -0.05) is 37.3 Å². The molecule has 138 valence electrons. The van der Waals surface area contributed by atoms with Crippen LogP contribution in [0.3, 0.4) is 0 Å². The average Bonchev–Trinajstić information content (AvgIpc) is 2.44. The normalized spacial score (nSPS) is 22.0. The van der Waals surface area contributed by atoms with E-state index in [-0.39, 0.29) is 5.56 Å². The molecule has 2 rings (SSSR count). The molecular formula is C17H16F6O2. The van der Waals surface area contributed by atoms with E-state index in [0.717, 1.165) is 18.2 Å². The molecule has 0 aromatic heterocycles. The Morgan fingerprint density at radius 3 is 2.00 bits per heavy atom. The molecule has 1 aromatic rings. The Hall–Kier alpha value is -1.96. The largest absolute Gasteiger partial charge is 0.508 e. The van der Waals surface area contributed by atoms with Gasteiger partial charge in [-0.2, -0.15) is 26.3 Å². The Morgan fingerprint density at radius 2 is 1.56 bits per heavy atom. The fourth-order valence-electron chi connectivity index (χ4n) is 2.94. The lowest BCUT2D eigenvalue weighted by Crippen LogP contribution is -2.55. The maximum Gasteiger partial charge on any atom is 0.411 e. The molecule has 0 saturated heterocycles. The summed E-state index contributed by atoms with van der Waals surface area (Å²) in [6, 6.07) is 2.11. The molecule has 0 aliphatic heterocycles. The maximum atomic E-state index is 13.9. The molecule has 1 aliphatic rings. The molecule has 0 bridgehead atoms. The van der Waals surface area contributed by atoms with Crippen LogP contribution in [0.25, 0.3) is 0 Å². The Kier molecular flexibility index (Phi) is 4.71. The number of hydrogen-bond acceptors (Lipinski definition) is 2. The monoisotopic (exact) mass is 366 g/mol. The molecule has 2 N–H and O–H groups in total. The van der Waals surface area contributed by atoms with Gasteiger partial charge in [-0.25, -0.2) is 0 Å². The minimum absolute atomic E-state index is 0.108. The highest BCUT2D eigenvalue weighted by molar-refractivity contribution is 5.51. The first-order valence-electron chi connectivity index (χ1n) is 7.34. The van der Waals surface area contributed by atoms with Crippen molar-refractivity contribution in [1.29, 1.82) is 0 Å². The molecular weight excluding hydrogens is 350 g/mol. The van der Waals surface area contributed by atoms with Gasteiger partial charge in [0.2, 0.25) is 5.41 Å². The van der Waals surface area contributed by atoms with Gasteiger partial charge in [0.05, 0.1) is 6.10 Å². The third-order valence-corrected chi connectivity index (χ3v) is 4.37. The van der Waals surface area contributed by atoms with Crippen molar-refractivity contribution >= 4 is 0 Å². The van der Waals surface area contributed by atoms with Crippen molar-refractivity contribution in [2.45, 2.75) is 37.7 Å². The zero-order valence-electron chi connectivity index (χ0n) is 13.3. The van der Waals surface area contributed by atoms with E-state index in [0.29, 0.717) is 18.2 Å². The Labute approximate surface area is 140 Å². The number of hydrogen-bond donors (Lipinski definition) is 2. The highest BCUT2D eigenvalue weighted by Crippen LogP contribution is 2.57. The minimum Gasteiger partial charge on any atom is -0.508 e. The molecule has 25 heavy (non-hydrogen) atoms. The lowest BCUT2D eigenvalue weighted by atomic mass is 9.69. The van der Waals surface area contributed by atoms with Gasteiger partial charge in [-0.05, 0) is 29.7 Å². The number of aryl methyl sites for hydroxylation is 1. The smallest absolute Gasteiger partial charge is 0.411 e. The Morgan fingerprint density at radius 1 is 1.00 bits per heavy atom. The number of allylic oxidation sites excluding steroid dienone is 2. The van der Waals surface area contributed by atoms with Gasteiger partial charge in [-0.15, -0.1) is 0 Å². The maximum absolute atomic E-state index is 13.9. The van der Waals surface area contributed by atoms with Crippen molar-refractivity contribution in [3.63, 3.8) is 0 Å². The molecule has 0 fully saturated rings. The molecule has 0 heterocycles. The zero-order valence-corrected chi connectivity index (χ0v) is 13.3. The van der Waals surface area contributed by atoms with Crippen molar-refractivity contribution in [2.75, 3.05) is 0 Å².